The van der Waals surface area contributed by atoms with Crippen molar-refractivity contribution >= 4 is 36.8 Å². The van der Waals surface area contributed by atoms with E-state index in [1.165, 1.54) is 13.8 Å². The van der Waals surface area contributed by atoms with E-state index in [9.17, 15) is 24.0 Å². The summed E-state index contributed by atoms with van der Waals surface area (Å²) in [6, 6.07) is 18.4. The van der Waals surface area contributed by atoms with Gasteiger partial charge in [-0.3, -0.25) is 19.2 Å². The van der Waals surface area contributed by atoms with Gasteiger partial charge in [0.1, 0.15) is 5.54 Å². The van der Waals surface area contributed by atoms with Gasteiger partial charge in [-0.15, -0.1) is 0 Å². The molecule has 0 fully saturated rings. The number of carbonyl (C=O) groups excluding carboxylic acids is 5. The van der Waals surface area contributed by atoms with Gasteiger partial charge < -0.3 is 30.4 Å². The summed E-state index contributed by atoms with van der Waals surface area (Å²) in [4.78, 5) is 62.5. The van der Waals surface area contributed by atoms with Crippen molar-refractivity contribution in [1.82, 2.24) is 5.32 Å². The molecule has 2 unspecified atom stereocenters. The van der Waals surface area contributed by atoms with Gasteiger partial charge in [0.15, 0.2) is 5.54 Å². The molecule has 2 atom stereocenters. The van der Waals surface area contributed by atoms with Gasteiger partial charge in [-0.2, -0.15) is 0 Å². The molecule has 0 bridgehead atoms. The van der Waals surface area contributed by atoms with E-state index >= 15 is 0 Å². The Morgan fingerprint density at radius 2 is 1.17 bits per heavy atom. The lowest BCUT2D eigenvalue weighted by Crippen LogP contribution is -2.49. The lowest BCUT2D eigenvalue weighted by molar-refractivity contribution is -0.156. The molecule has 0 heterocycles. The van der Waals surface area contributed by atoms with Gasteiger partial charge in [-0.25, -0.2) is 9.59 Å². The van der Waals surface area contributed by atoms with Gasteiger partial charge in [0.2, 0.25) is 6.41 Å². The molecule has 12 nitrogen and oxygen atoms in total. The van der Waals surface area contributed by atoms with Crippen LogP contribution < -0.4 is 11.1 Å². The standard InChI is InChI=1S/C13H17NO3.C12H17NO2.C4H6O3.CH2O2/c1-3-13(14-10-15,12(16)17-4-2)11-8-6-5-7-9-11;1-3-12(13,11(14)15-4-2)10-8-6-5-7-9-10;1-3(5)7-4(2)6;2-1-3/h5-10H,3-4H2,1-2H3,(H,14,15);5-9H,3-4,13H2,1-2H3;1-2H3;1H,(H,2,3). The largest absolute Gasteiger partial charge is 0.483 e. The number of amides is 1. The Balaban J connectivity index is 0. The molecular weight excluding hydrogens is 548 g/mol. The van der Waals surface area contributed by atoms with E-state index in [2.05, 4.69) is 10.1 Å². The van der Waals surface area contributed by atoms with Gasteiger partial charge in [-0.1, -0.05) is 74.5 Å². The molecule has 232 valence electrons. The molecule has 0 saturated carbocycles. The van der Waals surface area contributed by atoms with Crippen LogP contribution in [0.5, 0.6) is 0 Å². The van der Waals surface area contributed by atoms with E-state index in [1.807, 2.05) is 62.4 Å². The topological polar surface area (TPSA) is 188 Å². The Morgan fingerprint density at radius 1 is 0.762 bits per heavy atom. The summed E-state index contributed by atoms with van der Waals surface area (Å²) in [5.41, 5.74) is 5.50. The first-order valence-electron chi connectivity index (χ1n) is 13.1. The molecule has 42 heavy (non-hydrogen) atoms. The second kappa shape index (κ2) is 22.1. The normalized spacial score (nSPS) is 12.2. The van der Waals surface area contributed by atoms with Gasteiger partial charge in [0.25, 0.3) is 6.47 Å². The number of hydrogen-bond donors (Lipinski definition) is 3. The number of nitrogens with one attached hydrogen (secondary N) is 1. The number of carboxylic acid groups (broad SMARTS) is 1. The average Bonchev–Trinajstić information content (AvgIpc) is 2.97. The van der Waals surface area contributed by atoms with Crippen LogP contribution in [0.1, 0.15) is 65.5 Å². The number of nitrogens with two attached hydrogens (primary N) is 1. The maximum Gasteiger partial charge on any atom is 0.336 e. The molecule has 0 radical (unpaired) electrons. The van der Waals surface area contributed by atoms with Crippen LogP contribution in [0.3, 0.4) is 0 Å². The zero-order chi connectivity index (χ0) is 32.6. The number of hydrogen-bond acceptors (Lipinski definition) is 10. The monoisotopic (exact) mass is 590 g/mol. The Bertz CT molecular complexity index is 1080. The Labute approximate surface area is 246 Å². The molecule has 0 saturated heterocycles. The summed E-state index contributed by atoms with van der Waals surface area (Å²) in [6.07, 6.45) is 1.50. The van der Waals surface area contributed by atoms with E-state index in [0.717, 1.165) is 11.1 Å². The molecular formula is C30H42N2O10. The van der Waals surface area contributed by atoms with Crippen LogP contribution >= 0.6 is 0 Å². The Kier molecular flexibility index (Phi) is 20.9. The summed E-state index contributed by atoms with van der Waals surface area (Å²) in [7, 11) is 0. The fraction of sp³-hybridized carbons (Fsp3) is 0.400. The second-order valence-corrected chi connectivity index (χ2v) is 8.21. The highest BCUT2D eigenvalue weighted by atomic mass is 16.6. The second-order valence-electron chi connectivity index (χ2n) is 8.21. The van der Waals surface area contributed by atoms with Crippen molar-refractivity contribution in [3.8, 4) is 0 Å². The number of ether oxygens (including phenoxy) is 3. The zero-order valence-corrected chi connectivity index (χ0v) is 25.0. The summed E-state index contributed by atoms with van der Waals surface area (Å²) in [6.45, 7) is 9.98. The van der Waals surface area contributed by atoms with Crippen molar-refractivity contribution in [2.45, 2.75) is 65.5 Å². The van der Waals surface area contributed by atoms with Crippen LogP contribution in [-0.4, -0.2) is 55.1 Å². The Hall–Kier alpha value is -4.58. The fourth-order valence-electron chi connectivity index (χ4n) is 3.45. The number of carbonyl (C=O) groups is 6. The van der Waals surface area contributed by atoms with Gasteiger partial charge in [0, 0.05) is 13.8 Å². The summed E-state index contributed by atoms with van der Waals surface area (Å²) >= 11 is 0. The van der Waals surface area contributed by atoms with Crippen molar-refractivity contribution in [3.05, 3.63) is 71.8 Å². The van der Waals surface area contributed by atoms with Crippen LogP contribution in [0.4, 0.5) is 0 Å². The van der Waals surface area contributed by atoms with Crippen LogP contribution in [0.25, 0.3) is 0 Å². The van der Waals surface area contributed by atoms with E-state index < -0.39 is 29.0 Å². The number of benzene rings is 2. The molecule has 0 aromatic heterocycles. The van der Waals surface area contributed by atoms with E-state index in [-0.39, 0.29) is 19.0 Å². The van der Waals surface area contributed by atoms with Crippen LogP contribution in [0.2, 0.25) is 0 Å². The van der Waals surface area contributed by atoms with Crippen molar-refractivity contribution in [3.63, 3.8) is 0 Å². The highest BCUT2D eigenvalue weighted by Gasteiger charge is 2.39. The van der Waals surface area contributed by atoms with Crippen molar-refractivity contribution in [2.24, 2.45) is 5.73 Å². The average molecular weight is 591 g/mol. The lowest BCUT2D eigenvalue weighted by Gasteiger charge is -2.30. The first-order valence-corrected chi connectivity index (χ1v) is 13.1. The van der Waals surface area contributed by atoms with Crippen molar-refractivity contribution in [2.75, 3.05) is 13.2 Å². The minimum absolute atomic E-state index is 0.250. The Morgan fingerprint density at radius 3 is 1.48 bits per heavy atom. The fourth-order valence-corrected chi connectivity index (χ4v) is 3.45. The SMILES string of the molecule is CC(=O)OC(C)=O.CCOC(=O)C(CC)(NC=O)c1ccccc1.CCOC(=O)C(N)(CC)c1ccccc1.O=CO. The minimum Gasteiger partial charge on any atom is -0.483 e. The first kappa shape index (κ1) is 39.6. The van der Waals surface area contributed by atoms with Gasteiger partial charge in [-0.05, 0) is 37.8 Å². The molecule has 2 aromatic carbocycles. The molecule has 0 spiro atoms. The molecule has 12 heteroatoms. The number of rotatable bonds is 10. The predicted octanol–water partition coefficient (Wildman–Crippen LogP) is 3.21. The third-order valence-corrected chi connectivity index (χ3v) is 5.50. The van der Waals surface area contributed by atoms with Crippen LogP contribution in [0.15, 0.2) is 60.7 Å². The molecule has 0 aliphatic heterocycles. The van der Waals surface area contributed by atoms with E-state index in [0.29, 0.717) is 25.9 Å². The first-order chi connectivity index (χ1) is 19.9. The molecule has 4 N–H and O–H groups in total. The maximum atomic E-state index is 12.0. The molecule has 2 rings (SSSR count). The smallest absolute Gasteiger partial charge is 0.336 e. The van der Waals surface area contributed by atoms with Crippen molar-refractivity contribution < 1.29 is 48.1 Å². The molecule has 2 aromatic rings. The van der Waals surface area contributed by atoms with Crippen molar-refractivity contribution in [1.29, 1.82) is 0 Å². The molecule has 0 aliphatic rings. The highest BCUT2D eigenvalue weighted by Crippen LogP contribution is 2.26. The number of esters is 4. The van der Waals surface area contributed by atoms with E-state index in [1.54, 1.807) is 26.0 Å². The third-order valence-electron chi connectivity index (χ3n) is 5.50. The van der Waals surface area contributed by atoms with Gasteiger partial charge >= 0.3 is 23.9 Å². The lowest BCUT2D eigenvalue weighted by atomic mass is 9.87. The molecule has 1 amide bonds. The van der Waals surface area contributed by atoms with Crippen LogP contribution in [-0.2, 0) is 54.1 Å². The summed E-state index contributed by atoms with van der Waals surface area (Å²) in [5, 5.41) is 9.48. The summed E-state index contributed by atoms with van der Waals surface area (Å²) in [5.74, 6) is -1.92. The van der Waals surface area contributed by atoms with E-state index in [4.69, 9.17) is 25.1 Å². The van der Waals surface area contributed by atoms with Crippen LogP contribution in [0, 0.1) is 0 Å². The summed E-state index contributed by atoms with van der Waals surface area (Å²) < 4.78 is 14.0. The van der Waals surface area contributed by atoms with Gasteiger partial charge in [0.05, 0.1) is 13.2 Å². The molecule has 0 aliphatic carbocycles. The minimum atomic E-state index is -1.08. The zero-order valence-electron chi connectivity index (χ0n) is 25.0. The predicted molar refractivity (Wildman–Crippen MR) is 155 cm³/mol. The third kappa shape index (κ3) is 13.7. The highest BCUT2D eigenvalue weighted by molar-refractivity contribution is 5.85. The quantitative estimate of drug-likeness (QED) is 0.159. The maximum absolute atomic E-state index is 12.0.